The van der Waals surface area contributed by atoms with Gasteiger partial charge in [-0.15, -0.1) is 22.7 Å². The van der Waals surface area contributed by atoms with Gasteiger partial charge in [0, 0.05) is 16.7 Å². The number of carbonyl (C=O) groups is 1. The van der Waals surface area contributed by atoms with Crippen LogP contribution in [0.15, 0.2) is 35.7 Å². The van der Waals surface area contributed by atoms with Crippen molar-refractivity contribution < 1.29 is 4.79 Å². The molecule has 0 bridgehead atoms. The van der Waals surface area contributed by atoms with E-state index in [0.29, 0.717) is 16.5 Å². The lowest BCUT2D eigenvalue weighted by atomic mass is 10.2. The zero-order chi connectivity index (χ0) is 12.5. The molecular weight excluding hydrogens is 286 g/mol. The molecule has 3 aromatic rings. The van der Waals surface area contributed by atoms with Crippen LogP contribution in [0.5, 0.6) is 0 Å². The molecule has 0 aliphatic rings. The van der Waals surface area contributed by atoms with Crippen LogP contribution in [0, 0.1) is 0 Å². The quantitative estimate of drug-likeness (QED) is 0.668. The topological polar surface area (TPSA) is 30.0 Å². The summed E-state index contributed by atoms with van der Waals surface area (Å²) in [5, 5.41) is 3.09. The Balaban J connectivity index is 1.87. The van der Waals surface area contributed by atoms with E-state index in [1.807, 2.05) is 35.7 Å². The number of hydrogen-bond donors (Lipinski definition) is 0. The van der Waals surface area contributed by atoms with Gasteiger partial charge in [0.15, 0.2) is 10.8 Å². The summed E-state index contributed by atoms with van der Waals surface area (Å²) >= 11 is 8.79. The van der Waals surface area contributed by atoms with Crippen LogP contribution in [0.3, 0.4) is 0 Å². The van der Waals surface area contributed by atoms with E-state index >= 15 is 0 Å². The van der Waals surface area contributed by atoms with E-state index in [-0.39, 0.29) is 5.78 Å². The minimum Gasteiger partial charge on any atom is -0.291 e. The largest absolute Gasteiger partial charge is 0.291 e. The van der Waals surface area contributed by atoms with Gasteiger partial charge >= 0.3 is 0 Å². The van der Waals surface area contributed by atoms with Gasteiger partial charge < -0.3 is 0 Å². The van der Waals surface area contributed by atoms with Crippen molar-refractivity contribution in [2.45, 2.75) is 6.42 Å². The summed E-state index contributed by atoms with van der Waals surface area (Å²) in [6, 6.07) is 9.61. The van der Waals surface area contributed by atoms with E-state index < -0.39 is 0 Å². The molecule has 0 atom stereocenters. The van der Waals surface area contributed by atoms with Crippen molar-refractivity contribution in [3.05, 3.63) is 50.6 Å². The standard InChI is InChI=1S/C13H8ClNOS2/c14-8-5-9(17-7-8)6-11(16)13-15-10-3-1-2-4-12(10)18-13/h1-5,7H,6H2. The van der Waals surface area contributed by atoms with E-state index in [2.05, 4.69) is 4.98 Å². The first-order valence-electron chi connectivity index (χ1n) is 5.34. The minimum atomic E-state index is 0.0507. The maximum absolute atomic E-state index is 12.1. The minimum absolute atomic E-state index is 0.0507. The number of hydrogen-bond acceptors (Lipinski definition) is 4. The summed E-state index contributed by atoms with van der Waals surface area (Å²) in [4.78, 5) is 17.4. The Kier molecular flexibility index (Phi) is 3.16. The Morgan fingerprint density at radius 1 is 1.33 bits per heavy atom. The van der Waals surface area contributed by atoms with Crippen molar-refractivity contribution in [1.82, 2.24) is 4.98 Å². The fourth-order valence-electron chi connectivity index (χ4n) is 1.67. The molecule has 90 valence electrons. The molecule has 0 N–H and O–H groups in total. The number of fused-ring (bicyclic) bond motifs is 1. The molecule has 0 aliphatic heterocycles. The molecule has 2 heterocycles. The van der Waals surface area contributed by atoms with Gasteiger partial charge in [0.05, 0.1) is 15.2 Å². The Morgan fingerprint density at radius 3 is 2.89 bits per heavy atom. The summed E-state index contributed by atoms with van der Waals surface area (Å²) in [5.74, 6) is 0.0507. The highest BCUT2D eigenvalue weighted by molar-refractivity contribution is 7.20. The van der Waals surface area contributed by atoms with Crippen LogP contribution in [0.1, 0.15) is 14.7 Å². The van der Waals surface area contributed by atoms with Gasteiger partial charge in [-0.2, -0.15) is 0 Å². The SMILES string of the molecule is O=C(Cc1cc(Cl)cs1)c1nc2ccccc2s1. The molecule has 5 heteroatoms. The smallest absolute Gasteiger partial charge is 0.196 e. The third-order valence-electron chi connectivity index (χ3n) is 2.49. The molecule has 0 saturated carbocycles. The number of para-hydroxylation sites is 1. The van der Waals surface area contributed by atoms with E-state index in [1.165, 1.54) is 22.7 Å². The Labute approximate surface area is 117 Å². The van der Waals surface area contributed by atoms with Crippen LogP contribution in [0.4, 0.5) is 0 Å². The number of aromatic nitrogens is 1. The van der Waals surface area contributed by atoms with Gasteiger partial charge in [-0.25, -0.2) is 4.98 Å². The molecule has 0 radical (unpaired) electrons. The van der Waals surface area contributed by atoms with Crippen LogP contribution in [0.25, 0.3) is 10.2 Å². The zero-order valence-electron chi connectivity index (χ0n) is 9.22. The Bertz CT molecular complexity index is 683. The number of carbonyl (C=O) groups excluding carboxylic acids is 1. The molecule has 2 nitrogen and oxygen atoms in total. The van der Waals surface area contributed by atoms with Gasteiger partial charge in [0.2, 0.25) is 0 Å². The van der Waals surface area contributed by atoms with Crippen molar-refractivity contribution in [2.75, 3.05) is 0 Å². The number of halogens is 1. The van der Waals surface area contributed by atoms with E-state index in [1.54, 1.807) is 0 Å². The van der Waals surface area contributed by atoms with Crippen LogP contribution in [-0.4, -0.2) is 10.8 Å². The second-order valence-electron chi connectivity index (χ2n) is 3.82. The van der Waals surface area contributed by atoms with Gasteiger partial charge in [0.25, 0.3) is 0 Å². The van der Waals surface area contributed by atoms with E-state index in [9.17, 15) is 4.79 Å². The molecule has 0 spiro atoms. The Morgan fingerprint density at radius 2 is 2.17 bits per heavy atom. The molecule has 18 heavy (non-hydrogen) atoms. The molecule has 0 fully saturated rings. The molecule has 0 unspecified atom stereocenters. The summed E-state index contributed by atoms with van der Waals surface area (Å²) in [7, 11) is 0. The second kappa shape index (κ2) is 4.80. The highest BCUT2D eigenvalue weighted by atomic mass is 35.5. The highest BCUT2D eigenvalue weighted by Crippen LogP contribution is 2.25. The average molecular weight is 294 g/mol. The van der Waals surface area contributed by atoms with Crippen LogP contribution in [0.2, 0.25) is 5.02 Å². The zero-order valence-corrected chi connectivity index (χ0v) is 11.6. The lowest BCUT2D eigenvalue weighted by molar-refractivity contribution is 0.0993. The number of rotatable bonds is 3. The maximum atomic E-state index is 12.1. The van der Waals surface area contributed by atoms with Crippen molar-refractivity contribution in [2.24, 2.45) is 0 Å². The van der Waals surface area contributed by atoms with Gasteiger partial charge in [-0.05, 0) is 18.2 Å². The second-order valence-corrected chi connectivity index (χ2v) is 6.28. The third-order valence-corrected chi connectivity index (χ3v) is 4.85. The van der Waals surface area contributed by atoms with Crippen molar-refractivity contribution in [3.63, 3.8) is 0 Å². The predicted molar refractivity (Wildman–Crippen MR) is 77.0 cm³/mol. The van der Waals surface area contributed by atoms with Crippen LogP contribution < -0.4 is 0 Å². The lowest BCUT2D eigenvalue weighted by Gasteiger charge is -1.92. The van der Waals surface area contributed by atoms with E-state index in [0.717, 1.165) is 15.1 Å². The van der Waals surface area contributed by atoms with E-state index in [4.69, 9.17) is 11.6 Å². The first-order chi connectivity index (χ1) is 8.72. The number of Topliss-reactive ketones (excluding diaryl/α,β-unsaturated/α-hetero) is 1. The summed E-state index contributed by atoms with van der Waals surface area (Å²) in [6.07, 6.45) is 0.372. The van der Waals surface area contributed by atoms with Crippen LogP contribution in [-0.2, 0) is 6.42 Å². The maximum Gasteiger partial charge on any atom is 0.196 e. The molecule has 0 aliphatic carbocycles. The summed E-state index contributed by atoms with van der Waals surface area (Å²) in [6.45, 7) is 0. The molecule has 3 rings (SSSR count). The fourth-order valence-corrected chi connectivity index (χ4v) is 3.65. The molecule has 1 aromatic carbocycles. The predicted octanol–water partition coefficient (Wildman–Crippen LogP) is 4.44. The summed E-state index contributed by atoms with van der Waals surface area (Å²) < 4.78 is 1.05. The van der Waals surface area contributed by atoms with Crippen LogP contribution >= 0.6 is 34.3 Å². The number of nitrogens with zero attached hydrogens (tertiary/aromatic N) is 1. The molecule has 0 amide bonds. The number of thiophene rings is 1. The number of benzene rings is 1. The van der Waals surface area contributed by atoms with Gasteiger partial charge in [-0.3, -0.25) is 4.79 Å². The first kappa shape index (κ1) is 11.8. The monoisotopic (exact) mass is 293 g/mol. The number of thiazole rings is 1. The normalized spacial score (nSPS) is 10.9. The van der Waals surface area contributed by atoms with Crippen molar-refractivity contribution in [3.8, 4) is 0 Å². The number of ketones is 1. The Hall–Kier alpha value is -1.23. The average Bonchev–Trinajstić information content (AvgIpc) is 2.95. The third kappa shape index (κ3) is 2.32. The van der Waals surface area contributed by atoms with Crippen molar-refractivity contribution in [1.29, 1.82) is 0 Å². The summed E-state index contributed by atoms with van der Waals surface area (Å²) in [5.41, 5.74) is 0.884. The highest BCUT2D eigenvalue weighted by Gasteiger charge is 2.13. The lowest BCUT2D eigenvalue weighted by Crippen LogP contribution is -2.01. The first-order valence-corrected chi connectivity index (χ1v) is 7.41. The molecule has 0 saturated heterocycles. The fraction of sp³-hybridized carbons (Fsp3) is 0.0769. The van der Waals surface area contributed by atoms with Gasteiger partial charge in [-0.1, -0.05) is 23.7 Å². The molecular formula is C13H8ClNOS2. The molecule has 2 aromatic heterocycles. The van der Waals surface area contributed by atoms with Crippen molar-refractivity contribution >= 4 is 50.3 Å². The van der Waals surface area contributed by atoms with Gasteiger partial charge in [0.1, 0.15) is 0 Å².